The van der Waals surface area contributed by atoms with E-state index in [2.05, 4.69) is 17.5 Å². The molecule has 3 N–H and O–H groups in total. The number of rotatable bonds is 1. The Morgan fingerprint density at radius 3 is 2.62 bits per heavy atom. The van der Waals surface area contributed by atoms with E-state index < -0.39 is 0 Å². The molecule has 1 rings (SSSR count). The number of nitrogens with one attached hydrogen (secondary N) is 1. The number of halogens is 2. The Labute approximate surface area is 92.0 Å². The average Bonchev–Trinajstić information content (AvgIpc) is 2.05. The van der Waals surface area contributed by atoms with Crippen LogP contribution in [0.2, 0.25) is 10.0 Å². The van der Waals surface area contributed by atoms with Crippen LogP contribution in [0.4, 0.5) is 5.69 Å². The summed E-state index contributed by atoms with van der Waals surface area (Å²) in [7, 11) is 0. The summed E-state index contributed by atoms with van der Waals surface area (Å²) < 4.78 is 0. The molecule has 70 valence electrons. The molecule has 0 saturated heterocycles. The number of benzene rings is 1. The SMILES string of the molecule is Cc1ccc(Cl)c(NC(N)=S)c1Cl. The number of nitrogens with two attached hydrogens (primary N) is 1. The molecule has 0 fully saturated rings. The number of aryl methyl sites for hydroxylation is 1. The molecule has 13 heavy (non-hydrogen) atoms. The van der Waals surface area contributed by atoms with Gasteiger partial charge in [-0.2, -0.15) is 0 Å². The van der Waals surface area contributed by atoms with E-state index in [0.717, 1.165) is 5.56 Å². The van der Waals surface area contributed by atoms with E-state index in [4.69, 9.17) is 28.9 Å². The second-order valence-electron chi connectivity index (χ2n) is 2.54. The summed E-state index contributed by atoms with van der Waals surface area (Å²) in [6.45, 7) is 1.88. The van der Waals surface area contributed by atoms with Gasteiger partial charge in [-0.1, -0.05) is 29.3 Å². The molecule has 0 unspecified atom stereocenters. The third-order valence-corrected chi connectivity index (χ3v) is 2.44. The van der Waals surface area contributed by atoms with Gasteiger partial charge in [0.2, 0.25) is 0 Å². The van der Waals surface area contributed by atoms with Gasteiger partial charge in [-0.05, 0) is 30.8 Å². The Balaban J connectivity index is 3.17. The first-order chi connectivity index (χ1) is 6.02. The van der Waals surface area contributed by atoms with Crippen molar-refractivity contribution in [2.24, 2.45) is 5.73 Å². The van der Waals surface area contributed by atoms with Crippen molar-refractivity contribution in [3.8, 4) is 0 Å². The van der Waals surface area contributed by atoms with E-state index in [-0.39, 0.29) is 5.11 Å². The summed E-state index contributed by atoms with van der Waals surface area (Å²) in [4.78, 5) is 0. The van der Waals surface area contributed by atoms with E-state index >= 15 is 0 Å². The first-order valence-corrected chi connectivity index (χ1v) is 4.70. The van der Waals surface area contributed by atoms with Crippen molar-refractivity contribution in [3.05, 3.63) is 27.7 Å². The van der Waals surface area contributed by atoms with E-state index in [0.29, 0.717) is 15.7 Å². The largest absolute Gasteiger partial charge is 0.376 e. The number of anilines is 1. The predicted molar refractivity (Wildman–Crippen MR) is 61.6 cm³/mol. The highest BCUT2D eigenvalue weighted by atomic mass is 35.5. The molecule has 0 spiro atoms. The lowest BCUT2D eigenvalue weighted by Gasteiger charge is -2.10. The molecule has 0 atom stereocenters. The lowest BCUT2D eigenvalue weighted by molar-refractivity contribution is 1.46. The van der Waals surface area contributed by atoms with Gasteiger partial charge in [0, 0.05) is 0 Å². The lowest BCUT2D eigenvalue weighted by atomic mass is 10.2. The van der Waals surface area contributed by atoms with Crippen molar-refractivity contribution in [2.45, 2.75) is 6.92 Å². The second kappa shape index (κ2) is 4.13. The Kier molecular flexibility index (Phi) is 3.36. The Hall–Kier alpha value is -0.510. The fraction of sp³-hybridized carbons (Fsp3) is 0.125. The molecule has 0 radical (unpaired) electrons. The molecule has 2 nitrogen and oxygen atoms in total. The zero-order chi connectivity index (χ0) is 10.0. The summed E-state index contributed by atoms with van der Waals surface area (Å²) in [5.74, 6) is 0. The molecule has 0 saturated carbocycles. The second-order valence-corrected chi connectivity index (χ2v) is 3.77. The zero-order valence-electron chi connectivity index (χ0n) is 6.90. The number of hydrogen-bond donors (Lipinski definition) is 2. The van der Waals surface area contributed by atoms with Gasteiger partial charge >= 0.3 is 0 Å². The maximum Gasteiger partial charge on any atom is 0.168 e. The van der Waals surface area contributed by atoms with Crippen molar-refractivity contribution >= 4 is 46.2 Å². The van der Waals surface area contributed by atoms with Gasteiger partial charge < -0.3 is 11.1 Å². The van der Waals surface area contributed by atoms with Gasteiger partial charge in [0.1, 0.15) is 0 Å². The summed E-state index contributed by atoms with van der Waals surface area (Å²) in [6, 6.07) is 3.57. The molecular weight excluding hydrogens is 227 g/mol. The molecule has 0 heterocycles. The van der Waals surface area contributed by atoms with Gasteiger partial charge in [0.25, 0.3) is 0 Å². The minimum absolute atomic E-state index is 0.148. The highest BCUT2D eigenvalue weighted by Crippen LogP contribution is 2.32. The maximum absolute atomic E-state index is 5.98. The molecule has 0 amide bonds. The van der Waals surface area contributed by atoms with Crippen LogP contribution in [0.3, 0.4) is 0 Å². The van der Waals surface area contributed by atoms with Crippen LogP contribution in [-0.2, 0) is 0 Å². The third kappa shape index (κ3) is 2.46. The van der Waals surface area contributed by atoms with E-state index in [1.807, 2.05) is 13.0 Å². The first-order valence-electron chi connectivity index (χ1n) is 3.53. The van der Waals surface area contributed by atoms with Crippen molar-refractivity contribution in [3.63, 3.8) is 0 Å². The monoisotopic (exact) mass is 234 g/mol. The molecule has 0 aliphatic rings. The first kappa shape index (κ1) is 10.6. The predicted octanol–water partition coefficient (Wildman–Crippen LogP) is 2.96. The lowest BCUT2D eigenvalue weighted by Crippen LogP contribution is -2.19. The van der Waals surface area contributed by atoms with Crippen LogP contribution >= 0.6 is 35.4 Å². The van der Waals surface area contributed by atoms with Crippen molar-refractivity contribution in [1.29, 1.82) is 0 Å². The molecular formula is C8H8Cl2N2S. The van der Waals surface area contributed by atoms with Gasteiger partial charge in [0.05, 0.1) is 15.7 Å². The van der Waals surface area contributed by atoms with Crippen LogP contribution in [0.5, 0.6) is 0 Å². The molecule has 0 aliphatic heterocycles. The van der Waals surface area contributed by atoms with Crippen LogP contribution in [-0.4, -0.2) is 5.11 Å². The summed E-state index contributed by atoms with van der Waals surface area (Å²) in [5, 5.41) is 3.92. The maximum atomic E-state index is 5.98. The molecule has 5 heteroatoms. The fourth-order valence-corrected chi connectivity index (χ4v) is 1.46. The number of hydrogen-bond acceptors (Lipinski definition) is 1. The van der Waals surface area contributed by atoms with Crippen molar-refractivity contribution in [1.82, 2.24) is 0 Å². The summed E-state index contributed by atoms with van der Waals surface area (Å²) >= 11 is 16.6. The molecule has 0 aliphatic carbocycles. The van der Waals surface area contributed by atoms with Crippen LogP contribution in [0.15, 0.2) is 12.1 Å². The van der Waals surface area contributed by atoms with Gasteiger partial charge in [-0.25, -0.2) is 0 Å². The third-order valence-electron chi connectivity index (χ3n) is 1.53. The van der Waals surface area contributed by atoms with E-state index in [9.17, 15) is 0 Å². The van der Waals surface area contributed by atoms with Crippen LogP contribution in [0.1, 0.15) is 5.56 Å². The Morgan fingerprint density at radius 2 is 2.08 bits per heavy atom. The topological polar surface area (TPSA) is 38.0 Å². The minimum Gasteiger partial charge on any atom is -0.376 e. The summed E-state index contributed by atoms with van der Waals surface area (Å²) in [6.07, 6.45) is 0. The molecule has 0 aromatic heterocycles. The van der Waals surface area contributed by atoms with Gasteiger partial charge in [-0.15, -0.1) is 0 Å². The smallest absolute Gasteiger partial charge is 0.168 e. The number of thiocarbonyl (C=S) groups is 1. The van der Waals surface area contributed by atoms with Crippen LogP contribution in [0.25, 0.3) is 0 Å². The highest BCUT2D eigenvalue weighted by molar-refractivity contribution is 7.80. The fourth-order valence-electron chi connectivity index (χ4n) is 0.894. The molecule has 0 bridgehead atoms. The van der Waals surface area contributed by atoms with Crippen LogP contribution in [0, 0.1) is 6.92 Å². The Bertz CT molecular complexity index is 352. The van der Waals surface area contributed by atoms with E-state index in [1.165, 1.54) is 0 Å². The standard InChI is InChI=1S/C8H8Cl2N2S/c1-4-2-3-5(9)7(6(4)10)12-8(11)13/h2-3H,1H3,(H3,11,12,13). The Morgan fingerprint density at radius 1 is 1.46 bits per heavy atom. The zero-order valence-corrected chi connectivity index (χ0v) is 9.22. The summed E-state index contributed by atoms with van der Waals surface area (Å²) in [5.41, 5.74) is 6.80. The van der Waals surface area contributed by atoms with Crippen molar-refractivity contribution in [2.75, 3.05) is 5.32 Å². The average molecular weight is 235 g/mol. The minimum atomic E-state index is 0.148. The highest BCUT2D eigenvalue weighted by Gasteiger charge is 2.07. The van der Waals surface area contributed by atoms with Gasteiger partial charge in [0.15, 0.2) is 5.11 Å². The molecule has 1 aromatic rings. The van der Waals surface area contributed by atoms with Gasteiger partial charge in [-0.3, -0.25) is 0 Å². The molecule has 1 aromatic carbocycles. The quantitative estimate of drug-likeness (QED) is 0.735. The van der Waals surface area contributed by atoms with Crippen molar-refractivity contribution < 1.29 is 0 Å². The van der Waals surface area contributed by atoms with E-state index in [1.54, 1.807) is 6.07 Å². The normalized spacial score (nSPS) is 9.77. The van der Waals surface area contributed by atoms with Crippen LogP contribution < -0.4 is 11.1 Å².